The number of hydrogen-bond donors (Lipinski definition) is 3. The van der Waals surface area contributed by atoms with Crippen LogP contribution in [0, 0.1) is 5.92 Å². The summed E-state index contributed by atoms with van der Waals surface area (Å²) >= 11 is 0. The van der Waals surface area contributed by atoms with Crippen LogP contribution in [0.25, 0.3) is 0 Å². The van der Waals surface area contributed by atoms with Crippen LogP contribution in [0.5, 0.6) is 0 Å². The van der Waals surface area contributed by atoms with E-state index in [1.54, 1.807) is 19.0 Å². The second-order valence-electron chi connectivity index (χ2n) is 5.29. The highest BCUT2D eigenvalue weighted by Gasteiger charge is 2.28. The zero-order chi connectivity index (χ0) is 15.7. The fraction of sp³-hybridized carbons (Fsp3) is 0.786. The summed E-state index contributed by atoms with van der Waals surface area (Å²) in [6, 6.07) is 0. The average Bonchev–Trinajstić information content (AvgIpc) is 3.27. The number of nitrogens with one attached hydrogen (secondary N) is 3. The third-order valence-electron chi connectivity index (χ3n) is 3.10. The van der Waals surface area contributed by atoms with E-state index in [1.165, 1.54) is 0 Å². The van der Waals surface area contributed by atoms with Crippen molar-refractivity contribution in [3.63, 3.8) is 0 Å². The maximum Gasteiger partial charge on any atom is 0.223 e. The lowest BCUT2D eigenvalue weighted by Gasteiger charge is -2.12. The Morgan fingerprint density at radius 1 is 1.14 bits per heavy atom. The molecule has 8 heteroatoms. The monoisotopic (exact) mass is 425 g/mol. The topological polar surface area (TPSA) is 85.8 Å². The van der Waals surface area contributed by atoms with Gasteiger partial charge in [0.05, 0.1) is 6.54 Å². The van der Waals surface area contributed by atoms with E-state index in [4.69, 9.17) is 0 Å². The van der Waals surface area contributed by atoms with Crippen LogP contribution in [0.15, 0.2) is 4.99 Å². The molecule has 3 N–H and O–H groups in total. The van der Waals surface area contributed by atoms with Crippen LogP contribution in [0.1, 0.15) is 26.2 Å². The predicted molar refractivity (Wildman–Crippen MR) is 98.4 cm³/mol. The standard InChI is InChI=1S/C14H27N5O2.HI/c1-4-15-14(17-8-7-12(20)19(2)3)18-10-9-16-13(21)11-5-6-11;/h11H,4-10H2,1-3H3,(H,16,21)(H2,15,17,18);1H. The third-order valence-corrected chi connectivity index (χ3v) is 3.10. The van der Waals surface area contributed by atoms with Gasteiger partial charge in [0.1, 0.15) is 0 Å². The van der Waals surface area contributed by atoms with Gasteiger partial charge in [0.2, 0.25) is 11.8 Å². The van der Waals surface area contributed by atoms with Crippen LogP contribution >= 0.6 is 24.0 Å². The molecule has 0 aliphatic heterocycles. The van der Waals surface area contributed by atoms with Gasteiger partial charge in [0.25, 0.3) is 0 Å². The molecule has 0 radical (unpaired) electrons. The van der Waals surface area contributed by atoms with Crippen LogP contribution in [-0.2, 0) is 9.59 Å². The highest BCUT2D eigenvalue weighted by atomic mass is 127. The van der Waals surface area contributed by atoms with Gasteiger partial charge in [-0.2, -0.15) is 0 Å². The first kappa shape index (κ1) is 20.9. The Balaban J connectivity index is 0.00000441. The third kappa shape index (κ3) is 9.06. The van der Waals surface area contributed by atoms with Gasteiger partial charge in [0, 0.05) is 46.1 Å². The van der Waals surface area contributed by atoms with E-state index >= 15 is 0 Å². The number of rotatable bonds is 8. The summed E-state index contributed by atoms with van der Waals surface area (Å²) in [6.07, 6.45) is 2.43. The Morgan fingerprint density at radius 2 is 1.77 bits per heavy atom. The molecule has 0 aromatic heterocycles. The molecule has 1 fully saturated rings. The Kier molecular flexibility index (Phi) is 10.9. The molecule has 0 aromatic carbocycles. The van der Waals surface area contributed by atoms with Crippen LogP contribution in [0.2, 0.25) is 0 Å². The normalized spacial score (nSPS) is 13.9. The molecule has 1 saturated carbocycles. The van der Waals surface area contributed by atoms with Gasteiger partial charge in [-0.05, 0) is 19.8 Å². The zero-order valence-electron chi connectivity index (χ0n) is 13.6. The summed E-state index contributed by atoms with van der Waals surface area (Å²) in [4.78, 5) is 28.8. The highest BCUT2D eigenvalue weighted by Crippen LogP contribution is 2.28. The van der Waals surface area contributed by atoms with Crippen LogP contribution in [-0.4, -0.2) is 62.9 Å². The molecule has 7 nitrogen and oxygen atoms in total. The van der Waals surface area contributed by atoms with E-state index in [0.29, 0.717) is 32.0 Å². The summed E-state index contributed by atoms with van der Waals surface area (Å²) in [5.74, 6) is 1.12. The van der Waals surface area contributed by atoms with E-state index in [1.807, 2.05) is 6.92 Å². The quantitative estimate of drug-likeness (QED) is 0.224. The van der Waals surface area contributed by atoms with E-state index in [-0.39, 0.29) is 41.7 Å². The molecule has 0 aromatic rings. The lowest BCUT2D eigenvalue weighted by molar-refractivity contribution is -0.128. The molecular formula is C14H28IN5O2. The minimum absolute atomic E-state index is 0. The fourth-order valence-corrected chi connectivity index (χ4v) is 1.69. The van der Waals surface area contributed by atoms with Crippen molar-refractivity contribution < 1.29 is 9.59 Å². The summed E-state index contributed by atoms with van der Waals surface area (Å²) in [5, 5.41) is 9.13. The van der Waals surface area contributed by atoms with Crippen molar-refractivity contribution >= 4 is 41.8 Å². The molecule has 0 unspecified atom stereocenters. The molecule has 0 spiro atoms. The summed E-state index contributed by atoms with van der Waals surface area (Å²) in [6.45, 7) is 4.38. The van der Waals surface area contributed by atoms with Gasteiger partial charge < -0.3 is 20.9 Å². The number of carbonyl (C=O) groups excluding carboxylic acids is 2. The van der Waals surface area contributed by atoms with Crippen molar-refractivity contribution in [2.45, 2.75) is 26.2 Å². The summed E-state index contributed by atoms with van der Waals surface area (Å²) < 4.78 is 0. The van der Waals surface area contributed by atoms with Gasteiger partial charge in [0.15, 0.2) is 5.96 Å². The fourth-order valence-electron chi connectivity index (χ4n) is 1.69. The van der Waals surface area contributed by atoms with E-state index in [2.05, 4.69) is 20.9 Å². The maximum atomic E-state index is 11.5. The van der Waals surface area contributed by atoms with Gasteiger partial charge in [-0.25, -0.2) is 0 Å². The molecule has 22 heavy (non-hydrogen) atoms. The van der Waals surface area contributed by atoms with Crippen molar-refractivity contribution in [3.8, 4) is 0 Å². The number of guanidine groups is 1. The first-order chi connectivity index (χ1) is 10.0. The molecule has 1 rings (SSSR count). The Bertz CT molecular complexity index is 383. The van der Waals surface area contributed by atoms with Crippen LogP contribution in [0.4, 0.5) is 0 Å². The number of carbonyl (C=O) groups is 2. The lowest BCUT2D eigenvalue weighted by atomic mass is 10.4. The van der Waals surface area contributed by atoms with Crippen molar-refractivity contribution in [2.24, 2.45) is 10.9 Å². The van der Waals surface area contributed by atoms with Crippen molar-refractivity contribution in [3.05, 3.63) is 0 Å². The molecular weight excluding hydrogens is 397 g/mol. The maximum absolute atomic E-state index is 11.5. The van der Waals surface area contributed by atoms with Crippen molar-refractivity contribution in [1.29, 1.82) is 0 Å². The van der Waals surface area contributed by atoms with E-state index < -0.39 is 0 Å². The van der Waals surface area contributed by atoms with Gasteiger partial charge in [-0.3, -0.25) is 14.6 Å². The predicted octanol–water partition coefficient (Wildman–Crippen LogP) is 0.164. The summed E-state index contributed by atoms with van der Waals surface area (Å²) in [5.41, 5.74) is 0. The van der Waals surface area contributed by atoms with Gasteiger partial charge >= 0.3 is 0 Å². The molecule has 128 valence electrons. The first-order valence-electron chi connectivity index (χ1n) is 7.54. The Labute approximate surface area is 149 Å². The molecule has 2 amide bonds. The Morgan fingerprint density at radius 3 is 2.32 bits per heavy atom. The van der Waals surface area contributed by atoms with Crippen molar-refractivity contribution in [1.82, 2.24) is 20.9 Å². The minimum atomic E-state index is 0. The molecule has 0 saturated heterocycles. The van der Waals surface area contributed by atoms with Gasteiger partial charge in [-0.1, -0.05) is 0 Å². The minimum Gasteiger partial charge on any atom is -0.357 e. The van der Waals surface area contributed by atoms with E-state index in [0.717, 1.165) is 19.4 Å². The number of aliphatic imine (C=N–C) groups is 1. The SMILES string of the molecule is CCNC(=NCCC(=O)N(C)C)NCCNC(=O)C1CC1.I. The smallest absolute Gasteiger partial charge is 0.223 e. The lowest BCUT2D eigenvalue weighted by Crippen LogP contribution is -2.42. The van der Waals surface area contributed by atoms with Crippen LogP contribution in [0.3, 0.4) is 0 Å². The van der Waals surface area contributed by atoms with Crippen molar-refractivity contribution in [2.75, 3.05) is 40.3 Å². The van der Waals surface area contributed by atoms with E-state index in [9.17, 15) is 9.59 Å². The molecule has 1 aliphatic carbocycles. The highest BCUT2D eigenvalue weighted by molar-refractivity contribution is 14.0. The second-order valence-corrected chi connectivity index (χ2v) is 5.29. The summed E-state index contributed by atoms with van der Waals surface area (Å²) in [7, 11) is 3.47. The first-order valence-corrected chi connectivity index (χ1v) is 7.54. The molecule has 0 atom stereocenters. The number of hydrogen-bond acceptors (Lipinski definition) is 3. The number of nitrogens with zero attached hydrogens (tertiary/aromatic N) is 2. The zero-order valence-corrected chi connectivity index (χ0v) is 16.0. The average molecular weight is 425 g/mol. The molecule has 1 aliphatic rings. The molecule has 0 heterocycles. The Hall–Kier alpha value is -1.06. The van der Waals surface area contributed by atoms with Crippen LogP contribution < -0.4 is 16.0 Å². The molecule has 0 bridgehead atoms. The number of amides is 2. The number of halogens is 1. The van der Waals surface area contributed by atoms with Gasteiger partial charge in [-0.15, -0.1) is 24.0 Å². The largest absolute Gasteiger partial charge is 0.357 e. The second kappa shape index (κ2) is 11.5.